The van der Waals surface area contributed by atoms with E-state index in [2.05, 4.69) is 12.7 Å². The van der Waals surface area contributed by atoms with Gasteiger partial charge in [0.1, 0.15) is 5.60 Å². The van der Waals surface area contributed by atoms with E-state index in [0.29, 0.717) is 11.8 Å². The molecule has 2 aliphatic carbocycles. The van der Waals surface area contributed by atoms with Crippen molar-refractivity contribution in [2.75, 3.05) is 0 Å². The van der Waals surface area contributed by atoms with Gasteiger partial charge in [0.25, 0.3) is 0 Å². The van der Waals surface area contributed by atoms with E-state index in [1.54, 1.807) is 6.08 Å². The minimum Gasteiger partial charge on any atom is -0.457 e. The molecule has 0 aromatic carbocycles. The van der Waals surface area contributed by atoms with Gasteiger partial charge in [-0.1, -0.05) is 29.9 Å². The normalized spacial score (nSPS) is 29.4. The first-order valence-corrected chi connectivity index (χ1v) is 6.15. The maximum Gasteiger partial charge on any atom is 0.331 e. The number of hydrogen-bond acceptors (Lipinski definition) is 2. The molecule has 0 aliphatic heterocycles. The van der Waals surface area contributed by atoms with Crippen LogP contribution in [0.5, 0.6) is 0 Å². The van der Waals surface area contributed by atoms with E-state index in [1.165, 1.54) is 11.1 Å². The molecule has 92 valence electrons. The molecule has 0 aromatic heterocycles. The number of fused-ring (bicyclic) bond motifs is 1. The maximum absolute atomic E-state index is 11.7. The van der Waals surface area contributed by atoms with E-state index in [0.717, 1.165) is 12.8 Å². The van der Waals surface area contributed by atoms with Crippen LogP contribution >= 0.6 is 0 Å². The summed E-state index contributed by atoms with van der Waals surface area (Å²) in [6.07, 6.45) is 7.97. The second-order valence-electron chi connectivity index (χ2n) is 5.89. The van der Waals surface area contributed by atoms with Gasteiger partial charge in [0.05, 0.1) is 0 Å². The molecule has 1 fully saturated rings. The first kappa shape index (κ1) is 12.2. The molecule has 0 heterocycles. The van der Waals surface area contributed by atoms with E-state index in [1.807, 2.05) is 26.8 Å². The largest absolute Gasteiger partial charge is 0.457 e. The number of ether oxygens (including phenoxy) is 1. The molecule has 2 aliphatic rings. The Morgan fingerprint density at radius 2 is 2.18 bits per heavy atom. The summed E-state index contributed by atoms with van der Waals surface area (Å²) in [4.78, 5) is 11.7. The van der Waals surface area contributed by atoms with Gasteiger partial charge in [-0.3, -0.25) is 0 Å². The molecule has 2 rings (SSSR count). The van der Waals surface area contributed by atoms with Crippen molar-refractivity contribution in [3.63, 3.8) is 0 Å². The van der Waals surface area contributed by atoms with E-state index in [9.17, 15) is 4.79 Å². The van der Waals surface area contributed by atoms with E-state index in [-0.39, 0.29) is 5.97 Å². The fourth-order valence-corrected chi connectivity index (χ4v) is 2.54. The Labute approximate surface area is 103 Å². The van der Waals surface area contributed by atoms with Crippen LogP contribution < -0.4 is 0 Å². The van der Waals surface area contributed by atoms with Crippen molar-refractivity contribution in [3.8, 4) is 0 Å². The van der Waals surface area contributed by atoms with Crippen LogP contribution in [0.15, 0.2) is 36.0 Å². The highest BCUT2D eigenvalue weighted by molar-refractivity contribution is 5.83. The fourth-order valence-electron chi connectivity index (χ4n) is 2.54. The third-order valence-corrected chi connectivity index (χ3v) is 3.30. The number of allylic oxidation sites excluding steroid dienone is 4. The molecule has 0 radical (unpaired) electrons. The van der Waals surface area contributed by atoms with Crippen molar-refractivity contribution in [2.45, 2.75) is 39.2 Å². The Hall–Kier alpha value is -1.31. The lowest BCUT2D eigenvalue weighted by atomic mass is 9.71. The van der Waals surface area contributed by atoms with Gasteiger partial charge in [-0.25, -0.2) is 4.79 Å². The van der Waals surface area contributed by atoms with Crippen molar-refractivity contribution in [2.24, 2.45) is 11.8 Å². The third kappa shape index (κ3) is 2.68. The van der Waals surface area contributed by atoms with Crippen LogP contribution in [0.1, 0.15) is 33.6 Å². The van der Waals surface area contributed by atoms with Gasteiger partial charge in [-0.2, -0.15) is 0 Å². The molecular weight excluding hydrogens is 212 g/mol. The Bertz CT molecular complexity index is 407. The van der Waals surface area contributed by atoms with Gasteiger partial charge >= 0.3 is 5.97 Å². The van der Waals surface area contributed by atoms with Gasteiger partial charge in [0, 0.05) is 12.0 Å². The zero-order chi connectivity index (χ0) is 12.6. The highest BCUT2D eigenvalue weighted by Crippen LogP contribution is 2.49. The van der Waals surface area contributed by atoms with Gasteiger partial charge in [-0.15, -0.1) is 0 Å². The summed E-state index contributed by atoms with van der Waals surface area (Å²) in [6.45, 7) is 9.46. The molecule has 2 heteroatoms. The van der Waals surface area contributed by atoms with Crippen LogP contribution in [0.3, 0.4) is 0 Å². The fraction of sp³-hybridized carbons (Fsp3) is 0.533. The Balaban J connectivity index is 1.99. The average molecular weight is 232 g/mol. The molecule has 0 saturated heterocycles. The standard InChI is InChI=1S/C15H20O2/c1-5-10-6-11-8-12(13(11)7-10)9-14(16)17-15(2,3)4/h5,7,9,11,13H,1,6,8H2,2-4H3/t11-,13-/m1/s1. The number of hydrogen-bond donors (Lipinski definition) is 0. The second kappa shape index (κ2) is 4.17. The molecule has 0 unspecified atom stereocenters. The molecule has 0 aromatic rings. The highest BCUT2D eigenvalue weighted by atomic mass is 16.6. The minimum atomic E-state index is -0.408. The summed E-state index contributed by atoms with van der Waals surface area (Å²) in [7, 11) is 0. The topological polar surface area (TPSA) is 26.3 Å². The van der Waals surface area contributed by atoms with Crippen LogP contribution in [0, 0.1) is 11.8 Å². The summed E-state index contributed by atoms with van der Waals surface area (Å²) >= 11 is 0. The van der Waals surface area contributed by atoms with E-state index >= 15 is 0 Å². The maximum atomic E-state index is 11.7. The summed E-state index contributed by atoms with van der Waals surface area (Å²) in [5.74, 6) is 0.929. The van der Waals surface area contributed by atoms with Gasteiger partial charge in [0.2, 0.25) is 0 Å². The Kier molecular flexibility index (Phi) is 2.98. The summed E-state index contributed by atoms with van der Waals surface area (Å²) in [5.41, 5.74) is 2.11. The third-order valence-electron chi connectivity index (χ3n) is 3.30. The van der Waals surface area contributed by atoms with Crippen molar-refractivity contribution < 1.29 is 9.53 Å². The SMILES string of the molecule is C=CC1=C[C@H]2C(=CC(=O)OC(C)(C)C)C[C@H]2C1. The Morgan fingerprint density at radius 3 is 2.76 bits per heavy atom. The lowest BCUT2D eigenvalue weighted by Gasteiger charge is -2.33. The zero-order valence-corrected chi connectivity index (χ0v) is 10.8. The molecule has 2 atom stereocenters. The predicted octanol–water partition coefficient (Wildman–Crippen LogP) is 3.41. The highest BCUT2D eigenvalue weighted by Gasteiger charge is 2.39. The number of esters is 1. The molecular formula is C15H20O2. The van der Waals surface area contributed by atoms with Crippen LogP contribution in [0.4, 0.5) is 0 Å². The molecule has 0 spiro atoms. The Morgan fingerprint density at radius 1 is 1.47 bits per heavy atom. The van der Waals surface area contributed by atoms with Crippen molar-refractivity contribution in [1.29, 1.82) is 0 Å². The van der Waals surface area contributed by atoms with Crippen LogP contribution in [0.25, 0.3) is 0 Å². The molecule has 1 saturated carbocycles. The second-order valence-corrected chi connectivity index (χ2v) is 5.89. The van der Waals surface area contributed by atoms with Gasteiger partial charge in [0.15, 0.2) is 0 Å². The molecule has 17 heavy (non-hydrogen) atoms. The number of carbonyl (C=O) groups is 1. The molecule has 2 nitrogen and oxygen atoms in total. The smallest absolute Gasteiger partial charge is 0.331 e. The summed E-state index contributed by atoms with van der Waals surface area (Å²) < 4.78 is 5.29. The van der Waals surface area contributed by atoms with Crippen LogP contribution in [-0.4, -0.2) is 11.6 Å². The lowest BCUT2D eigenvalue weighted by Crippen LogP contribution is -2.27. The van der Waals surface area contributed by atoms with E-state index < -0.39 is 5.60 Å². The summed E-state index contributed by atoms with van der Waals surface area (Å²) in [6, 6.07) is 0. The van der Waals surface area contributed by atoms with Crippen molar-refractivity contribution in [1.82, 2.24) is 0 Å². The van der Waals surface area contributed by atoms with Gasteiger partial charge in [-0.05, 0) is 39.5 Å². The number of carbonyl (C=O) groups excluding carboxylic acids is 1. The van der Waals surface area contributed by atoms with Crippen molar-refractivity contribution in [3.05, 3.63) is 36.0 Å². The first-order chi connectivity index (χ1) is 7.89. The van der Waals surface area contributed by atoms with Crippen LogP contribution in [0.2, 0.25) is 0 Å². The quantitative estimate of drug-likeness (QED) is 0.538. The molecule has 0 N–H and O–H groups in total. The number of rotatable bonds is 2. The lowest BCUT2D eigenvalue weighted by molar-refractivity contribution is -0.148. The monoisotopic (exact) mass is 232 g/mol. The van der Waals surface area contributed by atoms with Crippen LogP contribution in [-0.2, 0) is 9.53 Å². The molecule has 0 amide bonds. The minimum absolute atomic E-state index is 0.216. The summed E-state index contributed by atoms with van der Waals surface area (Å²) in [5, 5.41) is 0. The average Bonchev–Trinajstić information content (AvgIpc) is 2.49. The van der Waals surface area contributed by atoms with Crippen molar-refractivity contribution >= 4 is 5.97 Å². The zero-order valence-electron chi connectivity index (χ0n) is 10.8. The van der Waals surface area contributed by atoms with Gasteiger partial charge < -0.3 is 4.74 Å². The first-order valence-electron chi connectivity index (χ1n) is 6.15. The molecule has 0 bridgehead atoms. The van der Waals surface area contributed by atoms with E-state index in [4.69, 9.17) is 4.74 Å². The predicted molar refractivity (Wildman–Crippen MR) is 68.4 cm³/mol.